The fraction of sp³-hybridized carbons (Fsp3) is 0.0526. The minimum Gasteiger partial charge on any atom is -0.258 e. The maximum Gasteiger partial charge on any atom is 0.305 e. The second-order valence-corrected chi connectivity index (χ2v) is 6.87. The molecule has 0 N–H and O–H groups in total. The summed E-state index contributed by atoms with van der Waals surface area (Å²) in [7, 11) is 0. The monoisotopic (exact) mass is 426 g/mol. The standard InChI is InChI=1S/C19H12BrFN4O2/c1-11-18(12-2-5-14(20)6-3-12)19-22-9-8-16(24(19)23-11)13-4-7-15(21)17(10-13)25(26)27/h2-10H,1H3. The smallest absolute Gasteiger partial charge is 0.258 e. The van der Waals surface area contributed by atoms with E-state index in [1.807, 2.05) is 31.2 Å². The lowest BCUT2D eigenvalue weighted by Crippen LogP contribution is -1.98. The predicted octanol–water partition coefficient (Wildman–Crippen LogP) is 5.18. The second-order valence-electron chi connectivity index (χ2n) is 5.96. The van der Waals surface area contributed by atoms with Gasteiger partial charge in [0.05, 0.1) is 16.3 Å². The number of hydrogen-bond donors (Lipinski definition) is 0. The molecule has 4 aromatic rings. The molecule has 4 rings (SSSR count). The van der Waals surface area contributed by atoms with E-state index >= 15 is 0 Å². The number of fused-ring (bicyclic) bond motifs is 1. The van der Waals surface area contributed by atoms with E-state index in [0.717, 1.165) is 27.4 Å². The van der Waals surface area contributed by atoms with Gasteiger partial charge in [-0.3, -0.25) is 10.1 Å². The number of benzene rings is 2. The summed E-state index contributed by atoms with van der Waals surface area (Å²) in [6.07, 6.45) is 1.61. The van der Waals surface area contributed by atoms with Crippen molar-refractivity contribution in [2.24, 2.45) is 0 Å². The van der Waals surface area contributed by atoms with Crippen molar-refractivity contribution in [2.75, 3.05) is 0 Å². The van der Waals surface area contributed by atoms with Gasteiger partial charge in [-0.1, -0.05) is 28.1 Å². The van der Waals surface area contributed by atoms with E-state index in [0.29, 0.717) is 16.9 Å². The van der Waals surface area contributed by atoms with E-state index in [-0.39, 0.29) is 0 Å². The zero-order valence-corrected chi connectivity index (χ0v) is 15.6. The van der Waals surface area contributed by atoms with Crippen molar-refractivity contribution in [1.29, 1.82) is 0 Å². The van der Waals surface area contributed by atoms with Crippen LogP contribution in [0.2, 0.25) is 0 Å². The lowest BCUT2D eigenvalue weighted by molar-refractivity contribution is -0.387. The Morgan fingerprint density at radius 3 is 2.52 bits per heavy atom. The van der Waals surface area contributed by atoms with Crippen LogP contribution in [0.1, 0.15) is 5.69 Å². The molecule has 0 aliphatic heterocycles. The Kier molecular flexibility index (Phi) is 4.19. The topological polar surface area (TPSA) is 73.3 Å². The first kappa shape index (κ1) is 17.3. The van der Waals surface area contributed by atoms with Gasteiger partial charge in [0, 0.05) is 27.9 Å². The van der Waals surface area contributed by atoms with Crippen LogP contribution in [-0.4, -0.2) is 19.5 Å². The van der Waals surface area contributed by atoms with Crippen molar-refractivity contribution in [3.63, 3.8) is 0 Å². The highest BCUT2D eigenvalue weighted by Crippen LogP contribution is 2.32. The van der Waals surface area contributed by atoms with Crippen LogP contribution in [0.5, 0.6) is 0 Å². The summed E-state index contributed by atoms with van der Waals surface area (Å²) in [5.41, 5.74) is 3.74. The minimum absolute atomic E-state index is 0.486. The zero-order chi connectivity index (χ0) is 19.1. The summed E-state index contributed by atoms with van der Waals surface area (Å²) in [5, 5.41) is 15.6. The van der Waals surface area contributed by atoms with E-state index < -0.39 is 16.4 Å². The number of aryl methyl sites for hydroxylation is 1. The molecule has 2 aromatic heterocycles. The van der Waals surface area contributed by atoms with Crippen molar-refractivity contribution in [2.45, 2.75) is 6.92 Å². The van der Waals surface area contributed by atoms with Crippen LogP contribution in [0.4, 0.5) is 10.1 Å². The number of rotatable bonds is 3. The molecule has 2 aromatic carbocycles. The molecular formula is C19H12BrFN4O2. The van der Waals surface area contributed by atoms with Gasteiger partial charge in [0.25, 0.3) is 0 Å². The van der Waals surface area contributed by atoms with Gasteiger partial charge >= 0.3 is 5.69 Å². The molecular weight excluding hydrogens is 415 g/mol. The normalized spacial score (nSPS) is 11.1. The molecule has 2 heterocycles. The molecule has 6 nitrogen and oxygen atoms in total. The number of hydrogen-bond acceptors (Lipinski definition) is 4. The van der Waals surface area contributed by atoms with Gasteiger partial charge in [-0.25, -0.2) is 9.50 Å². The van der Waals surface area contributed by atoms with E-state index in [4.69, 9.17) is 0 Å². The molecule has 0 spiro atoms. The van der Waals surface area contributed by atoms with Crippen molar-refractivity contribution in [3.8, 4) is 22.4 Å². The molecule has 0 aliphatic rings. The molecule has 0 amide bonds. The maximum atomic E-state index is 13.7. The van der Waals surface area contributed by atoms with Crippen molar-refractivity contribution < 1.29 is 9.31 Å². The molecule has 0 bridgehead atoms. The third-order valence-electron chi connectivity index (χ3n) is 4.26. The Bertz CT molecular complexity index is 1190. The van der Waals surface area contributed by atoms with E-state index in [1.54, 1.807) is 16.8 Å². The van der Waals surface area contributed by atoms with Crippen molar-refractivity contribution in [3.05, 3.63) is 80.8 Å². The lowest BCUT2D eigenvalue weighted by atomic mass is 10.1. The van der Waals surface area contributed by atoms with Gasteiger partial charge in [0.1, 0.15) is 0 Å². The summed E-state index contributed by atoms with van der Waals surface area (Å²) >= 11 is 3.42. The van der Waals surface area contributed by atoms with Gasteiger partial charge < -0.3 is 0 Å². The summed E-state index contributed by atoms with van der Waals surface area (Å²) in [4.78, 5) is 14.8. The van der Waals surface area contributed by atoms with Crippen LogP contribution >= 0.6 is 15.9 Å². The molecule has 0 saturated carbocycles. The highest BCUT2D eigenvalue weighted by atomic mass is 79.9. The van der Waals surface area contributed by atoms with Gasteiger partial charge in [0.2, 0.25) is 5.82 Å². The third-order valence-corrected chi connectivity index (χ3v) is 4.79. The first-order chi connectivity index (χ1) is 13.0. The van der Waals surface area contributed by atoms with Gasteiger partial charge in [-0.15, -0.1) is 0 Å². The van der Waals surface area contributed by atoms with Crippen LogP contribution in [-0.2, 0) is 0 Å². The van der Waals surface area contributed by atoms with Crippen LogP contribution in [0, 0.1) is 22.9 Å². The van der Waals surface area contributed by atoms with E-state index in [1.165, 1.54) is 12.1 Å². The molecule has 0 unspecified atom stereocenters. The number of nitro groups is 1. The van der Waals surface area contributed by atoms with Crippen LogP contribution in [0.3, 0.4) is 0 Å². The third kappa shape index (κ3) is 2.97. The Morgan fingerprint density at radius 1 is 1.11 bits per heavy atom. The van der Waals surface area contributed by atoms with Crippen LogP contribution < -0.4 is 0 Å². The van der Waals surface area contributed by atoms with Gasteiger partial charge in [-0.2, -0.15) is 9.49 Å². The quantitative estimate of drug-likeness (QED) is 0.334. The second kappa shape index (κ2) is 6.55. The van der Waals surface area contributed by atoms with E-state index in [2.05, 4.69) is 26.0 Å². The average molecular weight is 427 g/mol. The Balaban J connectivity index is 1.94. The Hall–Kier alpha value is -3.13. The fourth-order valence-corrected chi connectivity index (χ4v) is 3.30. The largest absolute Gasteiger partial charge is 0.305 e. The molecule has 0 aliphatic carbocycles. The van der Waals surface area contributed by atoms with Crippen LogP contribution in [0.15, 0.2) is 59.2 Å². The first-order valence-electron chi connectivity index (χ1n) is 8.00. The van der Waals surface area contributed by atoms with E-state index in [9.17, 15) is 14.5 Å². The van der Waals surface area contributed by atoms with Crippen molar-refractivity contribution >= 4 is 27.3 Å². The molecule has 0 saturated heterocycles. The molecule has 0 radical (unpaired) electrons. The first-order valence-corrected chi connectivity index (χ1v) is 8.79. The zero-order valence-electron chi connectivity index (χ0n) is 14.1. The summed E-state index contributed by atoms with van der Waals surface area (Å²) in [6, 6.07) is 13.3. The summed E-state index contributed by atoms with van der Waals surface area (Å²) in [5.74, 6) is -0.874. The highest BCUT2D eigenvalue weighted by Gasteiger charge is 2.19. The number of nitrogens with zero attached hydrogens (tertiary/aromatic N) is 4. The SMILES string of the molecule is Cc1nn2c(-c3ccc(F)c([N+](=O)[O-])c3)ccnc2c1-c1ccc(Br)cc1. The number of aromatic nitrogens is 3. The van der Waals surface area contributed by atoms with Crippen LogP contribution in [0.25, 0.3) is 28.0 Å². The van der Waals surface area contributed by atoms with Gasteiger partial charge in [-0.05, 0) is 42.8 Å². The maximum absolute atomic E-state index is 13.7. The molecule has 134 valence electrons. The highest BCUT2D eigenvalue weighted by molar-refractivity contribution is 9.10. The molecule has 27 heavy (non-hydrogen) atoms. The molecule has 0 fully saturated rings. The molecule has 0 atom stereocenters. The average Bonchev–Trinajstić information content (AvgIpc) is 2.98. The predicted molar refractivity (Wildman–Crippen MR) is 103 cm³/mol. The fourth-order valence-electron chi connectivity index (χ4n) is 3.04. The summed E-state index contributed by atoms with van der Waals surface area (Å²) in [6.45, 7) is 1.88. The Labute approximate surface area is 161 Å². The summed E-state index contributed by atoms with van der Waals surface area (Å²) < 4.78 is 16.3. The van der Waals surface area contributed by atoms with Crippen molar-refractivity contribution in [1.82, 2.24) is 14.6 Å². The number of nitro benzene ring substituents is 1. The van der Waals surface area contributed by atoms with Gasteiger partial charge in [0.15, 0.2) is 5.65 Å². The molecule has 8 heteroatoms. The minimum atomic E-state index is -0.874. The Morgan fingerprint density at radius 2 is 1.81 bits per heavy atom. The lowest BCUT2D eigenvalue weighted by Gasteiger charge is -2.06. The number of halogens is 2.